The molecule has 5 heteroatoms. The van der Waals surface area contributed by atoms with Gasteiger partial charge in [-0.05, 0) is 20.8 Å². The fourth-order valence-corrected chi connectivity index (χ4v) is 0.631. The average molecular weight is 198 g/mol. The van der Waals surface area contributed by atoms with Gasteiger partial charge in [0, 0.05) is 0 Å². The summed E-state index contributed by atoms with van der Waals surface area (Å²) in [5.74, 6) is -1.88. The van der Waals surface area contributed by atoms with Gasteiger partial charge in [0.05, 0.1) is 13.2 Å². The summed E-state index contributed by atoms with van der Waals surface area (Å²) >= 11 is 0. The molecule has 0 aliphatic carbocycles. The summed E-state index contributed by atoms with van der Waals surface area (Å²) in [4.78, 5) is 21.9. The Morgan fingerprint density at radius 2 is 1.46 bits per heavy atom. The second kappa shape index (κ2) is 8.53. The fourth-order valence-electron chi connectivity index (χ4n) is 0.631. The van der Waals surface area contributed by atoms with E-state index in [9.17, 15) is 9.59 Å². The molecule has 0 saturated heterocycles. The minimum atomic E-state index is -0.815. The van der Waals surface area contributed by atoms with Gasteiger partial charge < -0.3 is 10.9 Å². The standard InChI is InChI=1S/C8H14O4.Na.H/c1-4-11-7(9)6(3)8(10)12-5-2;;/h6H,4-5H2,1-3H3;;/q;+1;-1. The molecule has 0 heterocycles. The number of carbonyl (C=O) groups excluding carboxylic acids is 2. The molecular weight excluding hydrogens is 183 g/mol. The van der Waals surface area contributed by atoms with Crippen LogP contribution in [0.4, 0.5) is 0 Å². The van der Waals surface area contributed by atoms with Crippen LogP contribution in [0.5, 0.6) is 0 Å². The molecule has 0 saturated carbocycles. The zero-order chi connectivity index (χ0) is 9.56. The minimum Gasteiger partial charge on any atom is -1.00 e. The number of ether oxygens (including phenoxy) is 2. The second-order valence-electron chi connectivity index (χ2n) is 2.23. The summed E-state index contributed by atoms with van der Waals surface area (Å²) in [5.41, 5.74) is 0. The van der Waals surface area contributed by atoms with E-state index in [0.29, 0.717) is 0 Å². The van der Waals surface area contributed by atoms with Crippen molar-refractivity contribution >= 4 is 11.9 Å². The Morgan fingerprint density at radius 1 is 1.15 bits per heavy atom. The van der Waals surface area contributed by atoms with E-state index in [1.54, 1.807) is 13.8 Å². The molecule has 72 valence electrons. The van der Waals surface area contributed by atoms with Crippen LogP contribution in [0.2, 0.25) is 0 Å². The van der Waals surface area contributed by atoms with Gasteiger partial charge in [-0.1, -0.05) is 0 Å². The molecule has 0 rings (SSSR count). The Hall–Kier alpha value is -0.0600. The molecule has 4 nitrogen and oxygen atoms in total. The van der Waals surface area contributed by atoms with Crippen LogP contribution < -0.4 is 29.6 Å². The van der Waals surface area contributed by atoms with Gasteiger partial charge in [-0.2, -0.15) is 0 Å². The molecule has 0 aromatic rings. The Kier molecular flexibility index (Phi) is 10.1. The van der Waals surface area contributed by atoms with E-state index in [4.69, 9.17) is 0 Å². The summed E-state index contributed by atoms with van der Waals surface area (Å²) in [6, 6.07) is 0. The predicted octanol–water partition coefficient (Wildman–Crippen LogP) is -2.13. The molecule has 0 unspecified atom stereocenters. The van der Waals surface area contributed by atoms with Crippen molar-refractivity contribution in [3.63, 3.8) is 0 Å². The first-order chi connectivity index (χ1) is 5.63. The van der Waals surface area contributed by atoms with Gasteiger partial charge in [0.15, 0.2) is 5.92 Å². The molecule has 0 aromatic carbocycles. The van der Waals surface area contributed by atoms with Crippen LogP contribution >= 0.6 is 0 Å². The Labute approximate surface area is 102 Å². The molecule has 0 aliphatic heterocycles. The molecule has 0 spiro atoms. The van der Waals surface area contributed by atoms with Gasteiger partial charge in [-0.15, -0.1) is 0 Å². The number of hydrogen-bond donors (Lipinski definition) is 0. The minimum absolute atomic E-state index is 0. The predicted molar refractivity (Wildman–Crippen MR) is 43.5 cm³/mol. The van der Waals surface area contributed by atoms with E-state index in [1.165, 1.54) is 6.92 Å². The van der Waals surface area contributed by atoms with Crippen LogP contribution in [0.3, 0.4) is 0 Å². The Morgan fingerprint density at radius 3 is 1.69 bits per heavy atom. The van der Waals surface area contributed by atoms with Crippen molar-refractivity contribution in [1.29, 1.82) is 0 Å². The van der Waals surface area contributed by atoms with E-state index in [-0.39, 0.29) is 44.2 Å². The zero-order valence-electron chi connectivity index (χ0n) is 9.62. The van der Waals surface area contributed by atoms with Crippen LogP contribution in [0, 0.1) is 5.92 Å². The van der Waals surface area contributed by atoms with E-state index < -0.39 is 17.9 Å². The van der Waals surface area contributed by atoms with Gasteiger partial charge in [-0.25, -0.2) is 0 Å². The van der Waals surface area contributed by atoms with Crippen LogP contribution in [0.15, 0.2) is 0 Å². The van der Waals surface area contributed by atoms with Gasteiger partial charge in [0.25, 0.3) is 0 Å². The fraction of sp³-hybridized carbons (Fsp3) is 0.750. The quantitative estimate of drug-likeness (QED) is 0.294. The molecule has 0 radical (unpaired) electrons. The maximum Gasteiger partial charge on any atom is 1.00 e. The maximum atomic E-state index is 10.9. The molecule has 0 aromatic heterocycles. The van der Waals surface area contributed by atoms with Crippen molar-refractivity contribution in [3.8, 4) is 0 Å². The summed E-state index contributed by atoms with van der Waals surface area (Å²) < 4.78 is 9.26. The number of carbonyl (C=O) groups is 2. The Bertz CT molecular complexity index is 157. The van der Waals surface area contributed by atoms with Crippen LogP contribution in [0.1, 0.15) is 22.2 Å². The third-order valence-electron chi connectivity index (χ3n) is 1.28. The summed E-state index contributed by atoms with van der Waals surface area (Å²) in [6.07, 6.45) is 0. The summed E-state index contributed by atoms with van der Waals surface area (Å²) in [6.45, 7) is 5.41. The summed E-state index contributed by atoms with van der Waals surface area (Å²) in [7, 11) is 0. The molecule has 0 fully saturated rings. The van der Waals surface area contributed by atoms with E-state index in [0.717, 1.165) is 0 Å². The van der Waals surface area contributed by atoms with Crippen molar-refractivity contribution < 1.29 is 50.0 Å². The number of esters is 2. The number of hydrogen-bond acceptors (Lipinski definition) is 4. The first-order valence-electron chi connectivity index (χ1n) is 3.96. The van der Waals surface area contributed by atoms with Crippen LogP contribution in [-0.4, -0.2) is 25.2 Å². The third kappa shape index (κ3) is 6.07. The van der Waals surface area contributed by atoms with Gasteiger partial charge in [0.1, 0.15) is 0 Å². The van der Waals surface area contributed by atoms with Crippen LogP contribution in [-0.2, 0) is 19.1 Å². The van der Waals surface area contributed by atoms with Crippen molar-refractivity contribution in [2.24, 2.45) is 5.92 Å². The number of rotatable bonds is 4. The zero-order valence-corrected chi connectivity index (χ0v) is 10.6. The second-order valence-corrected chi connectivity index (χ2v) is 2.23. The van der Waals surface area contributed by atoms with Crippen molar-refractivity contribution in [2.75, 3.05) is 13.2 Å². The van der Waals surface area contributed by atoms with Crippen molar-refractivity contribution in [3.05, 3.63) is 0 Å². The first kappa shape index (κ1) is 15.4. The molecule has 0 amide bonds. The molecule has 0 bridgehead atoms. The molecule has 0 atom stereocenters. The molecule has 0 N–H and O–H groups in total. The SMILES string of the molecule is CCOC(=O)C(C)C(=O)OCC.[H-].[Na+]. The monoisotopic (exact) mass is 198 g/mol. The van der Waals surface area contributed by atoms with E-state index in [1.807, 2.05) is 0 Å². The average Bonchev–Trinajstić information content (AvgIpc) is 2.04. The van der Waals surface area contributed by atoms with E-state index in [2.05, 4.69) is 9.47 Å². The smallest absolute Gasteiger partial charge is 1.00 e. The third-order valence-corrected chi connectivity index (χ3v) is 1.28. The van der Waals surface area contributed by atoms with Crippen LogP contribution in [0.25, 0.3) is 0 Å². The summed E-state index contributed by atoms with van der Waals surface area (Å²) in [5, 5.41) is 0. The maximum absolute atomic E-state index is 10.9. The normalized spacial score (nSPS) is 8.92. The first-order valence-corrected chi connectivity index (χ1v) is 3.96. The molecular formula is C8H15NaO4. The van der Waals surface area contributed by atoms with Gasteiger partial charge in [0.2, 0.25) is 0 Å². The van der Waals surface area contributed by atoms with E-state index >= 15 is 0 Å². The van der Waals surface area contributed by atoms with Crippen molar-refractivity contribution in [1.82, 2.24) is 0 Å². The molecule has 13 heavy (non-hydrogen) atoms. The van der Waals surface area contributed by atoms with Gasteiger partial charge in [-0.3, -0.25) is 9.59 Å². The Balaban J connectivity index is -0.000000605. The topological polar surface area (TPSA) is 52.6 Å². The van der Waals surface area contributed by atoms with Gasteiger partial charge >= 0.3 is 41.5 Å². The molecule has 0 aliphatic rings. The van der Waals surface area contributed by atoms with Crippen molar-refractivity contribution in [2.45, 2.75) is 20.8 Å². The largest absolute Gasteiger partial charge is 1.00 e.